The molecule has 2 unspecified atom stereocenters. The van der Waals surface area contributed by atoms with E-state index in [1.807, 2.05) is 81.4 Å². The number of carbonyl (C=O) groups excluding carboxylic acids is 2. The van der Waals surface area contributed by atoms with Gasteiger partial charge in [0.15, 0.2) is 17.7 Å². The third kappa shape index (κ3) is 6.34. The minimum absolute atomic E-state index is 0.0276. The van der Waals surface area contributed by atoms with Crippen LogP contribution in [-0.4, -0.2) is 65.7 Å². The Kier molecular flexibility index (Phi) is 9.65. The zero-order valence-corrected chi connectivity index (χ0v) is 32.9. The molecule has 2 spiro atoms. The first-order valence-electron chi connectivity index (χ1n) is 20.2. The molecule has 0 aromatic heterocycles. The maximum absolute atomic E-state index is 15.0. The molecule has 0 radical (unpaired) electrons. The second kappa shape index (κ2) is 14.0. The molecular weight excluding hydrogens is 727 g/mol. The predicted octanol–water partition coefficient (Wildman–Crippen LogP) is 7.85. The first kappa shape index (κ1) is 37.9. The lowest BCUT2D eigenvalue weighted by Crippen LogP contribution is -2.64. The number of hydrogen-bond acceptors (Lipinski definition) is 12. The van der Waals surface area contributed by atoms with Crippen molar-refractivity contribution in [3.63, 3.8) is 0 Å². The Morgan fingerprint density at radius 3 is 1.53 bits per heavy atom. The number of esters is 2. The van der Waals surface area contributed by atoms with Gasteiger partial charge in [-0.1, -0.05) is 87.4 Å². The summed E-state index contributed by atoms with van der Waals surface area (Å²) in [4.78, 5) is 27.9. The van der Waals surface area contributed by atoms with Gasteiger partial charge in [-0.05, 0) is 56.6 Å². The monoisotopic (exact) mass is 780 g/mol. The molecule has 0 N–H and O–H groups in total. The molecule has 3 aliphatic heterocycles. The van der Waals surface area contributed by atoms with E-state index in [0.717, 1.165) is 49.7 Å². The average Bonchev–Trinajstić information content (AvgIpc) is 3.84. The van der Waals surface area contributed by atoms with Gasteiger partial charge in [0.2, 0.25) is 5.60 Å². The molecule has 12 nitrogen and oxygen atoms in total. The van der Waals surface area contributed by atoms with Crippen LogP contribution in [0.1, 0.15) is 109 Å². The highest BCUT2D eigenvalue weighted by Gasteiger charge is 2.77. The van der Waals surface area contributed by atoms with E-state index in [2.05, 4.69) is 0 Å². The molecule has 8 atom stereocenters. The summed E-state index contributed by atoms with van der Waals surface area (Å²) in [6.07, 6.45) is 3.47. The number of phosphoric acid groups is 1. The summed E-state index contributed by atoms with van der Waals surface area (Å²) in [6.45, 7) is 5.62. The lowest BCUT2D eigenvalue weighted by atomic mass is 9.66. The molecule has 7 aliphatic rings. The molecule has 0 amide bonds. The maximum Gasteiger partial charge on any atom is 0.475 e. The first-order valence-corrected chi connectivity index (χ1v) is 21.7. The van der Waals surface area contributed by atoms with Crippen LogP contribution < -0.4 is 0 Å². The van der Waals surface area contributed by atoms with E-state index >= 15 is 0 Å². The molecule has 55 heavy (non-hydrogen) atoms. The molecule has 4 saturated carbocycles. The van der Waals surface area contributed by atoms with E-state index in [4.69, 9.17) is 42.0 Å². The van der Waals surface area contributed by atoms with E-state index in [1.165, 1.54) is 0 Å². The number of phosphoric ester groups is 1. The van der Waals surface area contributed by atoms with Crippen molar-refractivity contribution in [2.75, 3.05) is 0 Å². The minimum atomic E-state index is -4.36. The van der Waals surface area contributed by atoms with Crippen LogP contribution >= 0.6 is 7.82 Å². The third-order valence-electron chi connectivity index (χ3n) is 13.9. The Morgan fingerprint density at radius 2 is 1.11 bits per heavy atom. The first-order chi connectivity index (χ1) is 26.4. The summed E-state index contributed by atoms with van der Waals surface area (Å²) in [5, 5.41) is 0. The van der Waals surface area contributed by atoms with Crippen molar-refractivity contribution in [1.29, 1.82) is 0 Å². The van der Waals surface area contributed by atoms with Crippen LogP contribution in [0.4, 0.5) is 0 Å². The van der Waals surface area contributed by atoms with Gasteiger partial charge in [0.1, 0.15) is 30.5 Å². The highest BCUT2D eigenvalue weighted by atomic mass is 31.2. The van der Waals surface area contributed by atoms with E-state index in [9.17, 15) is 14.2 Å². The van der Waals surface area contributed by atoms with E-state index < -0.39 is 84.4 Å². The van der Waals surface area contributed by atoms with Crippen LogP contribution in [0.25, 0.3) is 0 Å². The van der Waals surface area contributed by atoms with Crippen molar-refractivity contribution in [2.45, 2.75) is 165 Å². The number of rotatable bonds is 10. The standard InChI is InChI=1S/C42H53O12P/c1-38(2)39(3)24-25-42(38,53-36(39)43)37(44)48-30-31-33(51-40(49-31)20-12-6-13-21-40)35(34-32(30)50-41(52-34)22-14-7-15-23-41)54-55(45,46-26-28-16-8-4-9-17-28)47-27-29-18-10-5-11-19-29/h4-5,8-11,16-19,30-35H,6-7,12-15,20-27H2,1-3H3/t30?,31-,32+,33-,34-,35?,39+,42-/m1/s1. The molecule has 3 heterocycles. The molecule has 3 saturated heterocycles. The lowest BCUT2D eigenvalue weighted by Gasteiger charge is -2.43. The average molecular weight is 781 g/mol. The quantitative estimate of drug-likeness (QED) is 0.172. The topological polar surface area (TPSA) is 134 Å². The molecule has 7 fully saturated rings. The number of ether oxygens (including phenoxy) is 6. The van der Waals surface area contributed by atoms with Gasteiger partial charge in [-0.15, -0.1) is 0 Å². The smallest absolute Gasteiger partial charge is 0.454 e. The SMILES string of the molecule is CC1(C)[C@@]2(C)CC[C@]1(C(=O)OC1[C@H]3OC4(CCCCC4)O[C@H]3C(OP(=O)(OCc3ccccc3)OCc3ccccc3)[C@@H]3OC4(CCCCC4)O[C@@H]13)OC2=O. The fourth-order valence-corrected chi connectivity index (χ4v) is 11.6. The Hall–Kier alpha value is -2.67. The fourth-order valence-electron chi connectivity index (χ4n) is 10.2. The van der Waals surface area contributed by atoms with Gasteiger partial charge in [-0.2, -0.15) is 0 Å². The summed E-state index contributed by atoms with van der Waals surface area (Å²) in [7, 11) is -4.36. The Bertz CT molecular complexity index is 1700. The number of fused-ring (bicyclic) bond motifs is 4. The highest BCUT2D eigenvalue weighted by molar-refractivity contribution is 7.48. The predicted molar refractivity (Wildman–Crippen MR) is 196 cm³/mol. The zero-order chi connectivity index (χ0) is 38.1. The van der Waals surface area contributed by atoms with Crippen LogP contribution in [0.5, 0.6) is 0 Å². The van der Waals surface area contributed by atoms with Gasteiger partial charge in [0, 0.05) is 31.1 Å². The summed E-state index contributed by atoms with van der Waals surface area (Å²) < 4.78 is 74.2. The van der Waals surface area contributed by atoms with Gasteiger partial charge >= 0.3 is 19.8 Å². The minimum Gasteiger partial charge on any atom is -0.454 e. The summed E-state index contributed by atoms with van der Waals surface area (Å²) >= 11 is 0. The van der Waals surface area contributed by atoms with Gasteiger partial charge in [-0.3, -0.25) is 18.4 Å². The van der Waals surface area contributed by atoms with Crippen molar-refractivity contribution in [3.8, 4) is 0 Å². The van der Waals surface area contributed by atoms with Gasteiger partial charge < -0.3 is 28.4 Å². The third-order valence-corrected chi connectivity index (χ3v) is 15.3. The Labute approximate surface area is 322 Å². The molecule has 2 aromatic carbocycles. The molecular formula is C42H53O12P. The maximum atomic E-state index is 15.0. The number of carbonyl (C=O) groups is 2. The molecule has 9 rings (SSSR count). The molecule has 298 valence electrons. The van der Waals surface area contributed by atoms with Gasteiger partial charge in [0.05, 0.1) is 18.6 Å². The second-order valence-electron chi connectivity index (χ2n) is 17.4. The summed E-state index contributed by atoms with van der Waals surface area (Å²) in [5.74, 6) is -2.95. The van der Waals surface area contributed by atoms with Crippen molar-refractivity contribution >= 4 is 19.8 Å². The van der Waals surface area contributed by atoms with Crippen molar-refractivity contribution < 1.29 is 56.1 Å². The van der Waals surface area contributed by atoms with Crippen molar-refractivity contribution in [3.05, 3.63) is 71.8 Å². The highest BCUT2D eigenvalue weighted by Crippen LogP contribution is 2.66. The van der Waals surface area contributed by atoms with Gasteiger partial charge in [-0.25, -0.2) is 9.36 Å². The van der Waals surface area contributed by atoms with Crippen molar-refractivity contribution in [2.24, 2.45) is 10.8 Å². The molecule has 4 aliphatic carbocycles. The van der Waals surface area contributed by atoms with E-state index in [-0.39, 0.29) is 13.2 Å². The van der Waals surface area contributed by atoms with E-state index in [1.54, 1.807) is 0 Å². The number of benzene rings is 2. The normalized spacial score (nSPS) is 36.7. The largest absolute Gasteiger partial charge is 0.475 e. The lowest BCUT2D eigenvalue weighted by molar-refractivity contribution is -0.230. The number of hydrogen-bond donors (Lipinski definition) is 0. The van der Waals surface area contributed by atoms with Crippen LogP contribution in [0.3, 0.4) is 0 Å². The van der Waals surface area contributed by atoms with Crippen LogP contribution in [0.2, 0.25) is 0 Å². The van der Waals surface area contributed by atoms with Crippen LogP contribution in [0, 0.1) is 10.8 Å². The molecule has 13 heteroatoms. The fraction of sp³-hybridized carbons (Fsp3) is 0.667. The summed E-state index contributed by atoms with van der Waals surface area (Å²) in [5.41, 5.74) is -1.51. The van der Waals surface area contributed by atoms with E-state index in [0.29, 0.717) is 38.5 Å². The van der Waals surface area contributed by atoms with Crippen molar-refractivity contribution in [1.82, 2.24) is 0 Å². The van der Waals surface area contributed by atoms with Crippen LogP contribution in [0.15, 0.2) is 60.7 Å². The van der Waals surface area contributed by atoms with Gasteiger partial charge in [0.25, 0.3) is 0 Å². The Morgan fingerprint density at radius 1 is 0.655 bits per heavy atom. The summed E-state index contributed by atoms with van der Waals surface area (Å²) in [6, 6.07) is 18.8. The zero-order valence-electron chi connectivity index (χ0n) is 32.0. The molecule has 2 aromatic rings. The Balaban J connectivity index is 1.08. The second-order valence-corrected chi connectivity index (χ2v) is 19.0. The van der Waals surface area contributed by atoms with Crippen LogP contribution in [-0.2, 0) is 69.4 Å². The molecule has 2 bridgehead atoms.